The predicted octanol–water partition coefficient (Wildman–Crippen LogP) is 4.93. The first-order valence-corrected chi connectivity index (χ1v) is 13.7. The minimum atomic E-state index is -0.756. The lowest BCUT2D eigenvalue weighted by molar-refractivity contribution is 0.0379. The number of thiazole rings is 1. The van der Waals surface area contributed by atoms with Gasteiger partial charge in [0.25, 0.3) is 5.88 Å². The molecule has 0 spiro atoms. The summed E-state index contributed by atoms with van der Waals surface area (Å²) in [6.45, 7) is 5.17. The van der Waals surface area contributed by atoms with Gasteiger partial charge in [0.2, 0.25) is 11.8 Å². The van der Waals surface area contributed by atoms with Crippen LogP contribution >= 0.6 is 11.3 Å². The molecule has 0 unspecified atom stereocenters. The Bertz CT molecular complexity index is 1730. The number of nitrogens with zero attached hydrogens (tertiary/aromatic N) is 5. The van der Waals surface area contributed by atoms with E-state index < -0.39 is 24.1 Å². The SMILES string of the molecule is COc1cnc2c(-c3nc4cc(F)c(O[C@@H](C)[C@@H](C)OC(=O)Nc5ccc(OCCO)nc5)nc4s3)cc(C)cc2n1. The average molecular weight is 595 g/mol. The summed E-state index contributed by atoms with van der Waals surface area (Å²) in [6.07, 6.45) is 0.686. The molecule has 2 N–H and O–H groups in total. The van der Waals surface area contributed by atoms with Gasteiger partial charge in [-0.15, -0.1) is 0 Å². The normalized spacial score (nSPS) is 12.6. The highest BCUT2D eigenvalue weighted by Crippen LogP contribution is 2.35. The molecular formula is C28H27FN6O6S. The molecule has 0 aliphatic heterocycles. The van der Waals surface area contributed by atoms with Crippen LogP contribution in [0.3, 0.4) is 0 Å². The number of hydrogen-bond acceptors (Lipinski definition) is 12. The molecule has 0 saturated heterocycles. The lowest BCUT2D eigenvalue weighted by atomic mass is 10.1. The lowest BCUT2D eigenvalue weighted by Crippen LogP contribution is -2.33. The maximum Gasteiger partial charge on any atom is 0.412 e. The molecule has 42 heavy (non-hydrogen) atoms. The van der Waals surface area contributed by atoms with Gasteiger partial charge >= 0.3 is 6.09 Å². The van der Waals surface area contributed by atoms with Crippen LogP contribution in [0.4, 0.5) is 14.9 Å². The highest BCUT2D eigenvalue weighted by Gasteiger charge is 2.23. The van der Waals surface area contributed by atoms with Gasteiger partial charge in [0, 0.05) is 17.7 Å². The summed E-state index contributed by atoms with van der Waals surface area (Å²) in [7, 11) is 1.53. The Hall–Kier alpha value is -4.69. The molecule has 0 fully saturated rings. The monoisotopic (exact) mass is 594 g/mol. The van der Waals surface area contributed by atoms with E-state index in [-0.39, 0.29) is 19.1 Å². The number of halogens is 1. The van der Waals surface area contributed by atoms with E-state index in [0.29, 0.717) is 43.8 Å². The van der Waals surface area contributed by atoms with Crippen molar-refractivity contribution in [2.75, 3.05) is 25.6 Å². The van der Waals surface area contributed by atoms with E-state index in [4.69, 9.17) is 24.1 Å². The summed E-state index contributed by atoms with van der Waals surface area (Å²) < 4.78 is 36.5. The van der Waals surface area contributed by atoms with E-state index in [1.165, 1.54) is 36.9 Å². The number of carbonyl (C=O) groups is 1. The van der Waals surface area contributed by atoms with Gasteiger partial charge in [0.1, 0.15) is 34.2 Å². The molecule has 0 bridgehead atoms. The highest BCUT2D eigenvalue weighted by atomic mass is 32.1. The number of benzene rings is 1. The Labute approximate surface area is 243 Å². The number of ether oxygens (including phenoxy) is 4. The Balaban J connectivity index is 1.28. The molecule has 218 valence electrons. The van der Waals surface area contributed by atoms with Gasteiger partial charge in [-0.05, 0) is 44.5 Å². The van der Waals surface area contributed by atoms with Crippen LogP contribution in [0.5, 0.6) is 17.6 Å². The van der Waals surface area contributed by atoms with E-state index in [0.717, 1.165) is 11.1 Å². The molecule has 0 aliphatic carbocycles. The van der Waals surface area contributed by atoms with Crippen molar-refractivity contribution in [2.45, 2.75) is 33.0 Å². The molecule has 1 aromatic carbocycles. The average Bonchev–Trinajstić information content (AvgIpc) is 3.38. The Morgan fingerprint density at radius 1 is 1.05 bits per heavy atom. The van der Waals surface area contributed by atoms with Crippen LogP contribution in [0.2, 0.25) is 0 Å². The van der Waals surface area contributed by atoms with Crippen molar-refractivity contribution >= 4 is 44.5 Å². The summed E-state index contributed by atoms with van der Waals surface area (Å²) >= 11 is 1.27. The molecule has 14 heteroatoms. The largest absolute Gasteiger partial charge is 0.480 e. The second kappa shape index (κ2) is 12.4. The van der Waals surface area contributed by atoms with E-state index in [2.05, 4.69) is 30.2 Å². The van der Waals surface area contributed by atoms with Gasteiger partial charge in [-0.3, -0.25) is 5.32 Å². The molecule has 0 radical (unpaired) electrons. The van der Waals surface area contributed by atoms with E-state index in [1.54, 1.807) is 26.0 Å². The number of hydrogen-bond donors (Lipinski definition) is 2. The molecule has 2 atom stereocenters. The first-order valence-electron chi connectivity index (χ1n) is 12.9. The first-order chi connectivity index (χ1) is 20.2. The highest BCUT2D eigenvalue weighted by molar-refractivity contribution is 7.21. The van der Waals surface area contributed by atoms with Crippen LogP contribution in [0.25, 0.3) is 32.0 Å². The quantitative estimate of drug-likeness (QED) is 0.227. The van der Waals surface area contributed by atoms with Crippen molar-refractivity contribution in [3.63, 3.8) is 0 Å². The fraction of sp³-hybridized carbons (Fsp3) is 0.286. The Morgan fingerprint density at radius 3 is 2.62 bits per heavy atom. The molecule has 4 heterocycles. The molecule has 5 rings (SSSR count). The van der Waals surface area contributed by atoms with Crippen LogP contribution in [-0.4, -0.2) is 68.7 Å². The second-order valence-electron chi connectivity index (χ2n) is 9.23. The maximum atomic E-state index is 15.0. The second-order valence-corrected chi connectivity index (χ2v) is 10.2. The van der Waals surface area contributed by atoms with Crippen molar-refractivity contribution in [2.24, 2.45) is 0 Å². The van der Waals surface area contributed by atoms with Gasteiger partial charge in [-0.25, -0.2) is 29.1 Å². The van der Waals surface area contributed by atoms with Gasteiger partial charge in [-0.1, -0.05) is 11.3 Å². The number of amides is 1. The lowest BCUT2D eigenvalue weighted by Gasteiger charge is -2.21. The summed E-state index contributed by atoms with van der Waals surface area (Å²) in [5.41, 5.74) is 3.73. The number of aliphatic hydroxyl groups excluding tert-OH is 1. The van der Waals surface area contributed by atoms with Crippen LogP contribution < -0.4 is 19.5 Å². The summed E-state index contributed by atoms with van der Waals surface area (Å²) in [5, 5.41) is 12.0. The molecule has 5 aromatic rings. The Morgan fingerprint density at radius 2 is 1.88 bits per heavy atom. The summed E-state index contributed by atoms with van der Waals surface area (Å²) in [4.78, 5) is 34.8. The topological polar surface area (TPSA) is 151 Å². The number of anilines is 1. The molecule has 0 saturated carbocycles. The van der Waals surface area contributed by atoms with Crippen LogP contribution in [0, 0.1) is 12.7 Å². The van der Waals surface area contributed by atoms with Crippen molar-refractivity contribution in [1.29, 1.82) is 0 Å². The number of pyridine rings is 2. The van der Waals surface area contributed by atoms with Crippen molar-refractivity contribution in [1.82, 2.24) is 24.9 Å². The number of methoxy groups -OCH3 is 1. The molecule has 4 aromatic heterocycles. The predicted molar refractivity (Wildman–Crippen MR) is 154 cm³/mol. The first kappa shape index (κ1) is 28.8. The third-order valence-corrected chi connectivity index (χ3v) is 7.09. The number of aliphatic hydroxyl groups is 1. The number of rotatable bonds is 10. The zero-order valence-corrected chi connectivity index (χ0v) is 23.9. The minimum absolute atomic E-state index is 0.110. The summed E-state index contributed by atoms with van der Waals surface area (Å²) in [6, 6.07) is 8.22. The number of aryl methyl sites for hydroxylation is 1. The smallest absolute Gasteiger partial charge is 0.412 e. The van der Waals surface area contributed by atoms with Crippen LogP contribution in [0.1, 0.15) is 19.4 Å². The minimum Gasteiger partial charge on any atom is -0.480 e. The van der Waals surface area contributed by atoms with Gasteiger partial charge in [0.15, 0.2) is 5.82 Å². The van der Waals surface area contributed by atoms with Crippen molar-refractivity contribution in [3.05, 3.63) is 54.1 Å². The molecule has 0 aliphatic rings. The van der Waals surface area contributed by atoms with E-state index in [1.807, 2.05) is 19.1 Å². The third-order valence-electron chi connectivity index (χ3n) is 6.09. The van der Waals surface area contributed by atoms with Crippen LogP contribution in [0.15, 0.2) is 42.7 Å². The number of aromatic nitrogens is 5. The van der Waals surface area contributed by atoms with E-state index in [9.17, 15) is 4.79 Å². The summed E-state index contributed by atoms with van der Waals surface area (Å²) in [5.74, 6) is -0.229. The molecule has 12 nitrogen and oxygen atoms in total. The van der Waals surface area contributed by atoms with Gasteiger partial charge in [0.05, 0.1) is 42.8 Å². The number of nitrogens with one attached hydrogen (secondary N) is 1. The maximum absolute atomic E-state index is 15.0. The van der Waals surface area contributed by atoms with Crippen molar-refractivity contribution in [3.8, 4) is 28.2 Å². The fourth-order valence-corrected chi connectivity index (χ4v) is 4.84. The Kier molecular flexibility index (Phi) is 8.54. The van der Waals surface area contributed by atoms with Crippen LogP contribution in [-0.2, 0) is 4.74 Å². The molecule has 1 amide bonds. The van der Waals surface area contributed by atoms with Gasteiger partial charge < -0.3 is 24.1 Å². The number of fused-ring (bicyclic) bond motifs is 2. The van der Waals surface area contributed by atoms with E-state index >= 15 is 4.39 Å². The number of carbonyl (C=O) groups excluding carboxylic acids is 1. The third kappa shape index (κ3) is 6.44. The zero-order chi connectivity index (χ0) is 29.8. The van der Waals surface area contributed by atoms with Gasteiger partial charge in [-0.2, -0.15) is 4.98 Å². The van der Waals surface area contributed by atoms with Crippen molar-refractivity contribution < 1.29 is 33.2 Å². The molecular weight excluding hydrogens is 567 g/mol. The zero-order valence-electron chi connectivity index (χ0n) is 23.1. The standard InChI is InChI=1S/C28H27FN6O6S/c1-14-9-18(24-20(10-14)33-23(38-4)13-31-24)26-34-21-11-19(29)25(35-27(21)42-26)40-15(2)16(3)41-28(37)32-17-5-6-22(30-12-17)39-8-7-36/h5-6,9-13,15-16,36H,7-8H2,1-4H3,(H,32,37)/t15-,16+/m0/s1. The fourth-order valence-electron chi connectivity index (χ4n) is 3.91.